The van der Waals surface area contributed by atoms with Gasteiger partial charge in [-0.05, 0) is 68.0 Å². The number of piperidine rings is 1. The van der Waals surface area contributed by atoms with Crippen molar-refractivity contribution in [2.75, 3.05) is 26.2 Å². The third-order valence-corrected chi connectivity index (χ3v) is 5.84. The minimum absolute atomic E-state index is 0.0244. The summed E-state index contributed by atoms with van der Waals surface area (Å²) >= 11 is 0. The maximum Gasteiger partial charge on any atom is 0.253 e. The number of aromatic nitrogens is 1. The summed E-state index contributed by atoms with van der Waals surface area (Å²) in [6.07, 6.45) is 5.79. The van der Waals surface area contributed by atoms with E-state index >= 15 is 0 Å². The molecule has 3 heterocycles. The molecule has 1 atom stereocenters. The zero-order chi connectivity index (χ0) is 19.5. The highest BCUT2D eigenvalue weighted by Crippen LogP contribution is 2.24. The number of amides is 2. The Morgan fingerprint density at radius 2 is 1.64 bits per heavy atom. The van der Waals surface area contributed by atoms with Crippen LogP contribution in [0.5, 0.6) is 0 Å². The van der Waals surface area contributed by atoms with Crippen LogP contribution in [0.15, 0.2) is 42.6 Å². The molecule has 2 amide bonds. The Balaban J connectivity index is 1.44. The fourth-order valence-electron chi connectivity index (χ4n) is 4.27. The Morgan fingerprint density at radius 1 is 0.929 bits per heavy atom. The van der Waals surface area contributed by atoms with E-state index in [0.717, 1.165) is 62.1 Å². The molecule has 0 bridgehead atoms. The maximum absolute atomic E-state index is 13.0. The number of carbonyl (C=O) groups is 2. The summed E-state index contributed by atoms with van der Waals surface area (Å²) in [5.74, 6) is 0.213. The van der Waals surface area contributed by atoms with Gasteiger partial charge in [0.25, 0.3) is 5.91 Å². The molecule has 0 N–H and O–H groups in total. The molecule has 1 aromatic carbocycles. The maximum atomic E-state index is 13.0. The number of hydrogen-bond donors (Lipinski definition) is 0. The molecule has 0 radical (unpaired) electrons. The summed E-state index contributed by atoms with van der Waals surface area (Å²) in [4.78, 5) is 33.8. The highest BCUT2D eigenvalue weighted by atomic mass is 16.2. The third-order valence-electron chi connectivity index (χ3n) is 5.84. The predicted molar refractivity (Wildman–Crippen MR) is 109 cm³/mol. The van der Waals surface area contributed by atoms with E-state index in [1.165, 1.54) is 0 Å². The van der Waals surface area contributed by atoms with Crippen LogP contribution in [0.3, 0.4) is 0 Å². The molecule has 146 valence electrons. The minimum atomic E-state index is -0.0464. The first-order valence-electron chi connectivity index (χ1n) is 10.2. The van der Waals surface area contributed by atoms with Gasteiger partial charge in [0.05, 0.1) is 5.92 Å². The molecule has 2 aliphatic rings. The fourth-order valence-corrected chi connectivity index (χ4v) is 4.27. The molecule has 2 saturated heterocycles. The van der Waals surface area contributed by atoms with Crippen LogP contribution in [0, 0.1) is 12.8 Å². The van der Waals surface area contributed by atoms with Gasteiger partial charge in [0.1, 0.15) is 0 Å². The average molecular weight is 377 g/mol. The predicted octanol–water partition coefficient (Wildman–Crippen LogP) is 3.53. The quantitative estimate of drug-likeness (QED) is 0.822. The average Bonchev–Trinajstić information content (AvgIpc) is 3.28. The first-order valence-corrected chi connectivity index (χ1v) is 10.2. The second kappa shape index (κ2) is 8.13. The third kappa shape index (κ3) is 3.93. The van der Waals surface area contributed by atoms with Crippen molar-refractivity contribution in [2.45, 2.75) is 32.6 Å². The first-order chi connectivity index (χ1) is 13.6. The van der Waals surface area contributed by atoms with Gasteiger partial charge >= 0.3 is 0 Å². The molecular weight excluding hydrogens is 350 g/mol. The molecule has 0 unspecified atom stereocenters. The molecule has 5 nitrogen and oxygen atoms in total. The van der Waals surface area contributed by atoms with Gasteiger partial charge in [-0.15, -0.1) is 0 Å². The second-order valence-corrected chi connectivity index (χ2v) is 7.89. The van der Waals surface area contributed by atoms with Gasteiger partial charge in [0.2, 0.25) is 5.91 Å². The van der Waals surface area contributed by atoms with Gasteiger partial charge in [-0.3, -0.25) is 14.6 Å². The topological polar surface area (TPSA) is 53.5 Å². The van der Waals surface area contributed by atoms with E-state index in [0.29, 0.717) is 12.1 Å². The number of hydrogen-bond acceptors (Lipinski definition) is 3. The highest BCUT2D eigenvalue weighted by Gasteiger charge is 2.32. The number of aryl methyl sites for hydroxylation is 1. The molecule has 1 aromatic heterocycles. The summed E-state index contributed by atoms with van der Waals surface area (Å²) in [6, 6.07) is 11.8. The van der Waals surface area contributed by atoms with Crippen molar-refractivity contribution < 1.29 is 9.59 Å². The van der Waals surface area contributed by atoms with E-state index in [4.69, 9.17) is 0 Å². The Hall–Kier alpha value is -2.69. The Labute approximate surface area is 166 Å². The standard InChI is InChI=1S/C23H27N3O2/c1-17-15-20(10-11-24-17)18-6-8-19(9-7-18)22(27)26-14-4-5-21(16-26)23(28)25-12-2-3-13-25/h6-11,15,21H,2-5,12-14,16H2,1H3/t21-/m0/s1. The second-order valence-electron chi connectivity index (χ2n) is 7.89. The summed E-state index contributed by atoms with van der Waals surface area (Å²) in [5.41, 5.74) is 3.83. The van der Waals surface area contributed by atoms with E-state index < -0.39 is 0 Å². The largest absolute Gasteiger partial charge is 0.342 e. The number of pyridine rings is 1. The van der Waals surface area contributed by atoms with Crippen LogP contribution in [0.1, 0.15) is 41.7 Å². The molecular formula is C23H27N3O2. The Bertz CT molecular complexity index is 856. The molecule has 2 aromatic rings. The van der Waals surface area contributed by atoms with Crippen molar-refractivity contribution in [3.8, 4) is 11.1 Å². The van der Waals surface area contributed by atoms with Crippen molar-refractivity contribution in [3.63, 3.8) is 0 Å². The number of carbonyl (C=O) groups excluding carboxylic acids is 2. The lowest BCUT2D eigenvalue weighted by Crippen LogP contribution is -2.46. The molecule has 4 rings (SSSR count). The molecule has 2 fully saturated rings. The smallest absolute Gasteiger partial charge is 0.253 e. The number of nitrogens with zero attached hydrogens (tertiary/aromatic N) is 3. The van der Waals surface area contributed by atoms with Crippen molar-refractivity contribution in [2.24, 2.45) is 5.92 Å². The molecule has 5 heteroatoms. The number of benzene rings is 1. The van der Waals surface area contributed by atoms with Crippen molar-refractivity contribution in [3.05, 3.63) is 53.9 Å². The van der Waals surface area contributed by atoms with Crippen molar-refractivity contribution >= 4 is 11.8 Å². The zero-order valence-corrected chi connectivity index (χ0v) is 16.4. The molecule has 0 spiro atoms. The van der Waals surface area contributed by atoms with Gasteiger partial charge < -0.3 is 9.80 Å². The summed E-state index contributed by atoms with van der Waals surface area (Å²) < 4.78 is 0. The molecule has 0 saturated carbocycles. The van der Waals surface area contributed by atoms with Gasteiger partial charge in [-0.1, -0.05) is 12.1 Å². The van der Waals surface area contributed by atoms with Gasteiger partial charge in [-0.25, -0.2) is 0 Å². The number of rotatable bonds is 3. The summed E-state index contributed by atoms with van der Waals surface area (Å²) in [6.45, 7) is 4.99. The number of likely N-dealkylation sites (tertiary alicyclic amines) is 2. The van der Waals surface area contributed by atoms with Gasteiger partial charge in [0.15, 0.2) is 0 Å². The lowest BCUT2D eigenvalue weighted by Gasteiger charge is -2.34. The Kier molecular flexibility index (Phi) is 5.42. The van der Waals surface area contributed by atoms with Crippen LogP contribution in [-0.4, -0.2) is 52.8 Å². The van der Waals surface area contributed by atoms with E-state index in [-0.39, 0.29) is 17.7 Å². The van der Waals surface area contributed by atoms with Crippen LogP contribution in [0.25, 0.3) is 11.1 Å². The first kappa shape index (κ1) is 18.7. The lowest BCUT2D eigenvalue weighted by molar-refractivity contribution is -0.135. The SMILES string of the molecule is Cc1cc(-c2ccc(C(=O)N3CCC[C@H](C(=O)N4CCCC4)C3)cc2)ccn1. The van der Waals surface area contributed by atoms with Crippen LogP contribution < -0.4 is 0 Å². The van der Waals surface area contributed by atoms with Crippen LogP contribution >= 0.6 is 0 Å². The van der Waals surface area contributed by atoms with Gasteiger partial charge in [-0.2, -0.15) is 0 Å². The van der Waals surface area contributed by atoms with Crippen molar-refractivity contribution in [1.82, 2.24) is 14.8 Å². The van der Waals surface area contributed by atoms with Crippen LogP contribution in [0.4, 0.5) is 0 Å². The summed E-state index contributed by atoms with van der Waals surface area (Å²) in [7, 11) is 0. The lowest BCUT2D eigenvalue weighted by atomic mass is 9.95. The van der Waals surface area contributed by atoms with E-state index in [1.807, 2.05) is 53.1 Å². The van der Waals surface area contributed by atoms with Crippen LogP contribution in [-0.2, 0) is 4.79 Å². The fraction of sp³-hybridized carbons (Fsp3) is 0.435. The van der Waals surface area contributed by atoms with E-state index in [9.17, 15) is 9.59 Å². The summed E-state index contributed by atoms with van der Waals surface area (Å²) in [5, 5.41) is 0. The molecule has 0 aliphatic carbocycles. The molecule has 2 aliphatic heterocycles. The Morgan fingerprint density at radius 3 is 2.36 bits per heavy atom. The monoisotopic (exact) mass is 377 g/mol. The molecule has 28 heavy (non-hydrogen) atoms. The minimum Gasteiger partial charge on any atom is -0.342 e. The van der Waals surface area contributed by atoms with Crippen molar-refractivity contribution in [1.29, 1.82) is 0 Å². The van der Waals surface area contributed by atoms with Gasteiger partial charge in [0, 0.05) is 43.6 Å². The highest BCUT2D eigenvalue weighted by molar-refractivity contribution is 5.95. The van der Waals surface area contributed by atoms with E-state index in [2.05, 4.69) is 4.98 Å². The normalized spacial score (nSPS) is 19.7. The van der Waals surface area contributed by atoms with E-state index in [1.54, 1.807) is 6.20 Å². The van der Waals surface area contributed by atoms with Crippen LogP contribution in [0.2, 0.25) is 0 Å². The zero-order valence-electron chi connectivity index (χ0n) is 16.4.